The van der Waals surface area contributed by atoms with Crippen LogP contribution in [0.5, 0.6) is 0 Å². The molecule has 1 N–H and O–H groups in total. The predicted molar refractivity (Wildman–Crippen MR) is 96.1 cm³/mol. The molecule has 0 amide bonds. The van der Waals surface area contributed by atoms with Crippen molar-refractivity contribution in [1.82, 2.24) is 25.0 Å². The van der Waals surface area contributed by atoms with Gasteiger partial charge in [-0.25, -0.2) is 9.67 Å². The van der Waals surface area contributed by atoms with Crippen molar-refractivity contribution in [3.63, 3.8) is 0 Å². The molecule has 0 unspecified atom stereocenters. The molecule has 2 aromatic heterocycles. The van der Waals surface area contributed by atoms with E-state index in [1.54, 1.807) is 10.9 Å². The number of hydrogen-bond donors (Lipinski definition) is 1. The number of guanidine groups is 1. The van der Waals surface area contributed by atoms with Crippen LogP contribution in [0.15, 0.2) is 41.8 Å². The third-order valence-corrected chi connectivity index (χ3v) is 5.35. The molecule has 0 spiro atoms. The van der Waals surface area contributed by atoms with E-state index < -0.39 is 0 Å². The van der Waals surface area contributed by atoms with Gasteiger partial charge in [0.15, 0.2) is 11.8 Å². The van der Waals surface area contributed by atoms with E-state index in [1.165, 1.54) is 0 Å². The number of nitrogens with zero attached hydrogens (tertiary/aromatic N) is 5. The Morgan fingerprint density at radius 1 is 1.29 bits per heavy atom. The molecule has 1 aliphatic heterocycles. The van der Waals surface area contributed by atoms with Crippen LogP contribution in [0.4, 0.5) is 0 Å². The number of hydrogen-bond acceptors (Lipinski definition) is 3. The third-order valence-electron chi connectivity index (χ3n) is 5.35. The molecule has 1 fully saturated rings. The molecule has 0 saturated carbocycles. The van der Waals surface area contributed by atoms with E-state index in [0.29, 0.717) is 6.54 Å². The van der Waals surface area contributed by atoms with Gasteiger partial charge >= 0.3 is 0 Å². The summed E-state index contributed by atoms with van der Waals surface area (Å²) in [5, 5.41) is 7.70. The first-order valence-electron chi connectivity index (χ1n) is 8.28. The van der Waals surface area contributed by atoms with Gasteiger partial charge in [0.25, 0.3) is 0 Å². The van der Waals surface area contributed by atoms with Crippen LogP contribution < -0.4 is 5.32 Å². The average molecular weight is 326 g/mol. The van der Waals surface area contributed by atoms with Gasteiger partial charge in [0.2, 0.25) is 0 Å². The Kier molecular flexibility index (Phi) is 4.07. The van der Waals surface area contributed by atoms with Gasteiger partial charge in [0.05, 0.1) is 0 Å². The fraction of sp³-hybridized carbons (Fsp3) is 0.500. The lowest BCUT2D eigenvalue weighted by Gasteiger charge is -2.62. The standard InChI is InChI=1S/C18H26N6/c1-17(2)13-23(18(17,3)4)16(19-5)21-12-14-7-9-20-15(11-14)24-10-6-8-22-24/h6-11H,12-13H2,1-5H3,(H,19,21). The van der Waals surface area contributed by atoms with Crippen LogP contribution in [-0.4, -0.2) is 44.8 Å². The minimum Gasteiger partial charge on any atom is -0.352 e. The summed E-state index contributed by atoms with van der Waals surface area (Å²) in [6.07, 6.45) is 5.46. The highest BCUT2D eigenvalue weighted by molar-refractivity contribution is 5.82. The van der Waals surface area contributed by atoms with E-state index in [9.17, 15) is 0 Å². The van der Waals surface area contributed by atoms with E-state index in [2.05, 4.69) is 53.0 Å². The van der Waals surface area contributed by atoms with E-state index in [4.69, 9.17) is 0 Å². The molecule has 1 aliphatic rings. The van der Waals surface area contributed by atoms with Crippen LogP contribution in [0.3, 0.4) is 0 Å². The Labute approximate surface area is 143 Å². The summed E-state index contributed by atoms with van der Waals surface area (Å²) in [5.41, 5.74) is 1.52. The molecule has 24 heavy (non-hydrogen) atoms. The lowest BCUT2D eigenvalue weighted by atomic mass is 9.65. The molecule has 6 heteroatoms. The van der Waals surface area contributed by atoms with E-state index in [1.807, 2.05) is 37.6 Å². The molecule has 3 heterocycles. The summed E-state index contributed by atoms with van der Waals surface area (Å²) in [5.74, 6) is 1.76. The Morgan fingerprint density at radius 3 is 2.67 bits per heavy atom. The fourth-order valence-corrected chi connectivity index (χ4v) is 2.98. The second kappa shape index (κ2) is 5.92. The van der Waals surface area contributed by atoms with Crippen LogP contribution in [0.1, 0.15) is 33.3 Å². The SMILES string of the molecule is CN=C(NCc1ccnc(-n2cccn2)c1)N1CC(C)(C)C1(C)C. The average Bonchev–Trinajstić information content (AvgIpc) is 3.09. The number of rotatable bonds is 3. The van der Waals surface area contributed by atoms with E-state index in [-0.39, 0.29) is 11.0 Å². The summed E-state index contributed by atoms with van der Waals surface area (Å²) in [4.78, 5) is 11.2. The van der Waals surface area contributed by atoms with Crippen molar-refractivity contribution in [2.24, 2.45) is 10.4 Å². The minimum atomic E-state index is 0.0906. The fourth-order valence-electron chi connectivity index (χ4n) is 2.98. The van der Waals surface area contributed by atoms with E-state index >= 15 is 0 Å². The van der Waals surface area contributed by atoms with Gasteiger partial charge in [-0.05, 0) is 37.6 Å². The van der Waals surface area contributed by atoms with Crippen molar-refractivity contribution >= 4 is 5.96 Å². The summed E-state index contributed by atoms with van der Waals surface area (Å²) in [6, 6.07) is 5.94. The number of nitrogens with one attached hydrogen (secondary N) is 1. The molecule has 0 aliphatic carbocycles. The number of pyridine rings is 1. The molecule has 0 aromatic carbocycles. The van der Waals surface area contributed by atoms with Gasteiger partial charge in [-0.15, -0.1) is 0 Å². The summed E-state index contributed by atoms with van der Waals surface area (Å²) < 4.78 is 1.76. The Hall–Kier alpha value is -2.37. The molecule has 1 saturated heterocycles. The maximum absolute atomic E-state index is 4.46. The maximum Gasteiger partial charge on any atom is 0.194 e. The van der Waals surface area contributed by atoms with Crippen molar-refractivity contribution in [3.8, 4) is 5.82 Å². The monoisotopic (exact) mass is 326 g/mol. The highest BCUT2D eigenvalue weighted by Crippen LogP contribution is 2.46. The molecule has 0 atom stereocenters. The van der Waals surface area contributed by atoms with E-state index in [0.717, 1.165) is 23.9 Å². The zero-order valence-electron chi connectivity index (χ0n) is 15.1. The van der Waals surface area contributed by atoms with Gasteiger partial charge in [-0.1, -0.05) is 13.8 Å². The first-order chi connectivity index (χ1) is 11.3. The molecular weight excluding hydrogens is 300 g/mol. The maximum atomic E-state index is 4.46. The second-order valence-electron chi connectivity index (χ2n) is 7.40. The first kappa shape index (κ1) is 16.5. The van der Waals surface area contributed by atoms with Gasteiger partial charge in [0.1, 0.15) is 0 Å². The van der Waals surface area contributed by atoms with Gasteiger partial charge < -0.3 is 10.2 Å². The van der Waals surface area contributed by atoms with Gasteiger partial charge in [-0.3, -0.25) is 4.99 Å². The zero-order chi connectivity index (χ0) is 17.4. The summed E-state index contributed by atoms with van der Waals surface area (Å²) >= 11 is 0. The van der Waals surface area contributed by atoms with Crippen LogP contribution in [0.25, 0.3) is 5.82 Å². The largest absolute Gasteiger partial charge is 0.352 e. The van der Waals surface area contributed by atoms with Gasteiger partial charge in [0, 0.05) is 49.7 Å². The highest BCUT2D eigenvalue weighted by atomic mass is 15.4. The van der Waals surface area contributed by atoms with Crippen LogP contribution in [0, 0.1) is 5.41 Å². The van der Waals surface area contributed by atoms with Gasteiger partial charge in [-0.2, -0.15) is 5.10 Å². The molecule has 128 valence electrons. The molecule has 6 nitrogen and oxygen atoms in total. The number of aliphatic imine (C=N–C) groups is 1. The third kappa shape index (κ3) is 2.77. The number of likely N-dealkylation sites (tertiary alicyclic amines) is 1. The van der Waals surface area contributed by atoms with Crippen LogP contribution in [-0.2, 0) is 6.54 Å². The van der Waals surface area contributed by atoms with Crippen molar-refractivity contribution in [1.29, 1.82) is 0 Å². The molecular formula is C18H26N6. The summed E-state index contributed by atoms with van der Waals surface area (Å²) in [6.45, 7) is 10.9. The molecule has 3 rings (SSSR count). The zero-order valence-corrected chi connectivity index (χ0v) is 15.1. The molecule has 0 bridgehead atoms. The second-order valence-corrected chi connectivity index (χ2v) is 7.40. The Balaban J connectivity index is 1.68. The Bertz CT molecular complexity index is 730. The normalized spacial score (nSPS) is 19.0. The minimum absolute atomic E-state index is 0.0906. The first-order valence-corrected chi connectivity index (χ1v) is 8.28. The van der Waals surface area contributed by atoms with Crippen molar-refractivity contribution < 1.29 is 0 Å². The topological polar surface area (TPSA) is 58.3 Å². The Morgan fingerprint density at radius 2 is 2.08 bits per heavy atom. The van der Waals surface area contributed by atoms with Crippen molar-refractivity contribution in [2.45, 2.75) is 39.8 Å². The highest BCUT2D eigenvalue weighted by Gasteiger charge is 2.53. The van der Waals surface area contributed by atoms with Crippen molar-refractivity contribution in [3.05, 3.63) is 42.4 Å². The quantitative estimate of drug-likeness (QED) is 0.695. The van der Waals surface area contributed by atoms with Crippen molar-refractivity contribution in [2.75, 3.05) is 13.6 Å². The molecule has 0 radical (unpaired) electrons. The molecule has 2 aromatic rings. The number of aromatic nitrogens is 3. The van der Waals surface area contributed by atoms with Crippen LogP contribution in [0.2, 0.25) is 0 Å². The lowest BCUT2D eigenvalue weighted by Crippen LogP contribution is -2.72. The smallest absolute Gasteiger partial charge is 0.194 e. The van der Waals surface area contributed by atoms with Crippen LogP contribution >= 0.6 is 0 Å². The predicted octanol–water partition coefficient (Wildman–Crippen LogP) is 2.46. The summed E-state index contributed by atoms with van der Waals surface area (Å²) in [7, 11) is 1.84. The lowest BCUT2D eigenvalue weighted by molar-refractivity contribution is -0.0667.